The number of hydrogen-bond acceptors (Lipinski definition) is 3. The lowest BCUT2D eigenvalue weighted by Gasteiger charge is -2.32. The summed E-state index contributed by atoms with van der Waals surface area (Å²) in [5, 5.41) is 0. The molecule has 0 saturated carbocycles. The summed E-state index contributed by atoms with van der Waals surface area (Å²) >= 11 is 0. The summed E-state index contributed by atoms with van der Waals surface area (Å²) in [6.45, 7) is 3.04. The van der Waals surface area contributed by atoms with Crippen molar-refractivity contribution in [3.63, 3.8) is 0 Å². The highest BCUT2D eigenvalue weighted by atomic mass is 16.2. The van der Waals surface area contributed by atoms with E-state index in [0.29, 0.717) is 25.2 Å². The number of rotatable bonds is 4. The van der Waals surface area contributed by atoms with E-state index >= 15 is 0 Å². The molecule has 3 heterocycles. The Bertz CT molecular complexity index is 978. The number of piperidine rings is 1. The van der Waals surface area contributed by atoms with Gasteiger partial charge in [0.05, 0.1) is 5.69 Å². The number of pyridine rings is 1. The Balaban J connectivity index is 1.51. The lowest BCUT2D eigenvalue weighted by Crippen LogP contribution is -2.43. The predicted molar refractivity (Wildman–Crippen MR) is 104 cm³/mol. The number of fused-ring (bicyclic) bond motifs is 1. The molecule has 27 heavy (non-hydrogen) atoms. The second-order valence-electron chi connectivity index (χ2n) is 7.19. The number of likely N-dealkylation sites (tertiary alicyclic amines) is 1. The van der Waals surface area contributed by atoms with Crippen LogP contribution in [0, 0.1) is 12.8 Å². The van der Waals surface area contributed by atoms with Crippen molar-refractivity contribution < 1.29 is 9.59 Å². The van der Waals surface area contributed by atoms with Gasteiger partial charge in [-0.1, -0.05) is 36.4 Å². The maximum atomic E-state index is 13.2. The normalized spacial score (nSPS) is 17.2. The van der Waals surface area contributed by atoms with Gasteiger partial charge < -0.3 is 4.90 Å². The number of ketones is 1. The van der Waals surface area contributed by atoms with E-state index in [4.69, 9.17) is 0 Å². The van der Waals surface area contributed by atoms with E-state index in [1.807, 2.05) is 71.0 Å². The molecule has 1 saturated heterocycles. The molecule has 1 atom stereocenters. The van der Waals surface area contributed by atoms with Gasteiger partial charge in [0.2, 0.25) is 0 Å². The monoisotopic (exact) mass is 361 g/mol. The topological polar surface area (TPSA) is 54.7 Å². The first-order valence-corrected chi connectivity index (χ1v) is 9.43. The van der Waals surface area contributed by atoms with E-state index in [1.165, 1.54) is 0 Å². The van der Waals surface area contributed by atoms with Crippen molar-refractivity contribution in [3.8, 4) is 0 Å². The van der Waals surface area contributed by atoms with Gasteiger partial charge >= 0.3 is 0 Å². The van der Waals surface area contributed by atoms with Gasteiger partial charge in [-0.05, 0) is 37.5 Å². The van der Waals surface area contributed by atoms with Crippen LogP contribution < -0.4 is 0 Å². The van der Waals surface area contributed by atoms with Gasteiger partial charge in [0.25, 0.3) is 5.91 Å². The van der Waals surface area contributed by atoms with Crippen LogP contribution in [0.3, 0.4) is 0 Å². The Kier molecular flexibility index (Phi) is 4.75. The van der Waals surface area contributed by atoms with Crippen molar-refractivity contribution in [3.05, 3.63) is 71.7 Å². The summed E-state index contributed by atoms with van der Waals surface area (Å²) in [6, 6.07) is 15.5. The molecule has 3 aromatic rings. The lowest BCUT2D eigenvalue weighted by atomic mass is 9.90. The fourth-order valence-corrected chi connectivity index (χ4v) is 3.89. The summed E-state index contributed by atoms with van der Waals surface area (Å²) in [5.41, 5.74) is 3.13. The average Bonchev–Trinajstić information content (AvgIpc) is 3.04. The Morgan fingerprint density at radius 2 is 1.89 bits per heavy atom. The Morgan fingerprint density at radius 3 is 2.70 bits per heavy atom. The van der Waals surface area contributed by atoms with Gasteiger partial charge in [-0.15, -0.1) is 0 Å². The molecule has 5 nitrogen and oxygen atoms in total. The van der Waals surface area contributed by atoms with Crippen LogP contribution in [0.25, 0.3) is 5.65 Å². The fraction of sp³-hybridized carbons (Fsp3) is 0.318. The van der Waals surface area contributed by atoms with Crippen LogP contribution in [0.1, 0.15) is 34.6 Å². The summed E-state index contributed by atoms with van der Waals surface area (Å²) in [4.78, 5) is 32.2. The van der Waals surface area contributed by atoms with Crippen LogP contribution in [0.15, 0.2) is 54.7 Å². The number of nitrogens with zero attached hydrogens (tertiary/aromatic N) is 3. The molecule has 1 aromatic carbocycles. The van der Waals surface area contributed by atoms with Crippen molar-refractivity contribution in [2.75, 3.05) is 13.1 Å². The maximum Gasteiger partial charge on any atom is 0.272 e. The number of aryl methyl sites for hydroxylation is 1. The number of aromatic nitrogens is 2. The van der Waals surface area contributed by atoms with Crippen LogP contribution in [-0.4, -0.2) is 39.1 Å². The largest absolute Gasteiger partial charge is 0.337 e. The van der Waals surface area contributed by atoms with Gasteiger partial charge in [-0.25, -0.2) is 4.98 Å². The summed E-state index contributed by atoms with van der Waals surface area (Å²) in [6.07, 6.45) is 4.00. The van der Waals surface area contributed by atoms with E-state index in [2.05, 4.69) is 4.98 Å². The van der Waals surface area contributed by atoms with E-state index in [-0.39, 0.29) is 17.6 Å². The molecular weight excluding hydrogens is 338 g/mol. The molecule has 1 unspecified atom stereocenters. The number of imidazole rings is 1. The van der Waals surface area contributed by atoms with Crippen molar-refractivity contribution >= 4 is 17.3 Å². The minimum Gasteiger partial charge on any atom is -0.337 e. The number of amides is 1. The quantitative estimate of drug-likeness (QED) is 0.716. The van der Waals surface area contributed by atoms with Crippen LogP contribution in [0.4, 0.5) is 0 Å². The van der Waals surface area contributed by atoms with Gasteiger partial charge in [0, 0.05) is 31.6 Å². The molecule has 1 aliphatic heterocycles. The first-order chi connectivity index (χ1) is 13.1. The molecule has 138 valence electrons. The minimum absolute atomic E-state index is 0.0385. The maximum absolute atomic E-state index is 13.2. The lowest BCUT2D eigenvalue weighted by molar-refractivity contribution is -0.123. The van der Waals surface area contributed by atoms with Crippen LogP contribution in [-0.2, 0) is 11.2 Å². The smallest absolute Gasteiger partial charge is 0.272 e. The van der Waals surface area contributed by atoms with Gasteiger partial charge in [-0.3, -0.25) is 14.0 Å². The second kappa shape index (κ2) is 7.35. The summed E-state index contributed by atoms with van der Waals surface area (Å²) in [5.74, 6) is 0.0828. The number of hydrogen-bond donors (Lipinski definition) is 0. The van der Waals surface area contributed by atoms with Crippen molar-refractivity contribution in [2.45, 2.75) is 26.2 Å². The van der Waals surface area contributed by atoms with E-state index in [0.717, 1.165) is 29.7 Å². The van der Waals surface area contributed by atoms with Gasteiger partial charge in [0.15, 0.2) is 0 Å². The molecule has 0 aliphatic carbocycles. The molecule has 1 fully saturated rings. The van der Waals surface area contributed by atoms with Crippen molar-refractivity contribution in [1.82, 2.24) is 14.3 Å². The standard InChI is InChI=1S/C22H23N3O2/c1-16-21(25-13-6-5-11-20(25)23-16)22(27)24-12-7-10-18(15-24)19(26)14-17-8-3-2-4-9-17/h2-6,8-9,11,13,18H,7,10,12,14-15H2,1H3. The third-order valence-electron chi connectivity index (χ3n) is 5.29. The van der Waals surface area contributed by atoms with Crippen LogP contribution in [0.5, 0.6) is 0 Å². The number of benzene rings is 1. The molecule has 1 aliphatic rings. The molecular formula is C22H23N3O2. The number of Topliss-reactive ketones (excluding diaryl/α,β-unsaturated/α-hetero) is 1. The summed E-state index contributed by atoms with van der Waals surface area (Å²) in [7, 11) is 0. The zero-order chi connectivity index (χ0) is 18.8. The van der Waals surface area contributed by atoms with Crippen molar-refractivity contribution in [1.29, 1.82) is 0 Å². The second-order valence-corrected chi connectivity index (χ2v) is 7.19. The molecule has 1 amide bonds. The minimum atomic E-state index is -0.0950. The van der Waals surface area contributed by atoms with E-state index in [9.17, 15) is 9.59 Å². The zero-order valence-electron chi connectivity index (χ0n) is 15.5. The van der Waals surface area contributed by atoms with Crippen LogP contribution in [0.2, 0.25) is 0 Å². The predicted octanol–water partition coefficient (Wildman–Crippen LogP) is 3.31. The molecule has 0 spiro atoms. The SMILES string of the molecule is Cc1nc2ccccn2c1C(=O)N1CCCC(C(=O)Cc2ccccc2)C1. The molecule has 4 rings (SSSR count). The molecule has 2 aromatic heterocycles. The number of carbonyl (C=O) groups is 2. The van der Waals surface area contributed by atoms with E-state index < -0.39 is 0 Å². The Labute approximate surface area is 158 Å². The third kappa shape index (κ3) is 3.50. The van der Waals surface area contributed by atoms with Crippen LogP contribution >= 0.6 is 0 Å². The highest BCUT2D eigenvalue weighted by Gasteiger charge is 2.30. The first kappa shape index (κ1) is 17.5. The van der Waals surface area contributed by atoms with Gasteiger partial charge in [0.1, 0.15) is 17.1 Å². The summed E-state index contributed by atoms with van der Waals surface area (Å²) < 4.78 is 1.84. The third-order valence-corrected chi connectivity index (χ3v) is 5.29. The fourth-order valence-electron chi connectivity index (χ4n) is 3.89. The van der Waals surface area contributed by atoms with E-state index in [1.54, 1.807) is 0 Å². The zero-order valence-corrected chi connectivity index (χ0v) is 15.5. The number of carbonyl (C=O) groups excluding carboxylic acids is 2. The molecule has 0 radical (unpaired) electrons. The highest BCUT2D eigenvalue weighted by molar-refractivity contribution is 5.95. The van der Waals surface area contributed by atoms with Crippen molar-refractivity contribution in [2.24, 2.45) is 5.92 Å². The molecule has 0 bridgehead atoms. The van der Waals surface area contributed by atoms with Gasteiger partial charge in [-0.2, -0.15) is 0 Å². The Morgan fingerprint density at radius 1 is 1.11 bits per heavy atom. The first-order valence-electron chi connectivity index (χ1n) is 9.43. The molecule has 5 heteroatoms. The Hall–Kier alpha value is -2.95. The average molecular weight is 361 g/mol. The highest BCUT2D eigenvalue weighted by Crippen LogP contribution is 2.22. The molecule has 0 N–H and O–H groups in total.